The van der Waals surface area contributed by atoms with Gasteiger partial charge in [-0.1, -0.05) is 0 Å². The maximum absolute atomic E-state index is 11.8. The number of nitrogens with one attached hydrogen (secondary N) is 2. The van der Waals surface area contributed by atoms with E-state index in [-0.39, 0.29) is 5.91 Å². The molecule has 0 radical (unpaired) electrons. The van der Waals surface area contributed by atoms with Gasteiger partial charge in [-0.2, -0.15) is 0 Å². The first kappa shape index (κ1) is 17.4. The molecule has 8 heteroatoms. The SMILES string of the molecule is COCCC(N)C(=O)Nc1ccc(NS(C)(=O)=O)c(C)c1. The monoisotopic (exact) mass is 315 g/mol. The van der Waals surface area contributed by atoms with E-state index in [9.17, 15) is 13.2 Å². The molecule has 0 aromatic heterocycles. The molecule has 0 spiro atoms. The Morgan fingerprint density at radius 3 is 2.62 bits per heavy atom. The summed E-state index contributed by atoms with van der Waals surface area (Å²) in [5, 5.41) is 2.68. The van der Waals surface area contributed by atoms with E-state index in [2.05, 4.69) is 10.0 Å². The number of aryl methyl sites for hydroxylation is 1. The summed E-state index contributed by atoms with van der Waals surface area (Å²) >= 11 is 0. The fraction of sp³-hybridized carbons (Fsp3) is 0.462. The summed E-state index contributed by atoms with van der Waals surface area (Å²) in [7, 11) is -1.79. The predicted molar refractivity (Wildman–Crippen MR) is 82.7 cm³/mol. The van der Waals surface area contributed by atoms with Crippen LogP contribution in [0.2, 0.25) is 0 Å². The molecule has 1 unspecified atom stereocenters. The average Bonchev–Trinajstić information content (AvgIpc) is 2.37. The Morgan fingerprint density at radius 2 is 2.10 bits per heavy atom. The van der Waals surface area contributed by atoms with Crippen LogP contribution in [-0.2, 0) is 19.6 Å². The number of ether oxygens (including phenoxy) is 1. The lowest BCUT2D eigenvalue weighted by atomic mass is 10.1. The summed E-state index contributed by atoms with van der Waals surface area (Å²) in [5.74, 6) is -0.310. The lowest BCUT2D eigenvalue weighted by molar-refractivity contribution is -0.117. The maximum Gasteiger partial charge on any atom is 0.241 e. The second-order valence-corrected chi connectivity index (χ2v) is 6.53. The number of sulfonamides is 1. The molecular weight excluding hydrogens is 294 g/mol. The van der Waals surface area contributed by atoms with Crippen molar-refractivity contribution in [1.29, 1.82) is 0 Å². The Kier molecular flexibility index (Phi) is 6.13. The molecule has 0 aliphatic carbocycles. The Bertz CT molecular complexity index is 601. The normalized spacial score (nSPS) is 12.8. The van der Waals surface area contributed by atoms with Crippen molar-refractivity contribution in [2.24, 2.45) is 5.73 Å². The number of amides is 1. The molecule has 1 aromatic rings. The van der Waals surface area contributed by atoms with Crippen LogP contribution in [-0.4, -0.2) is 40.3 Å². The molecular formula is C13H21N3O4S. The summed E-state index contributed by atoms with van der Waals surface area (Å²) < 4.78 is 29.7. The van der Waals surface area contributed by atoms with Gasteiger partial charge in [-0.15, -0.1) is 0 Å². The third-order valence-corrected chi connectivity index (χ3v) is 3.35. The van der Waals surface area contributed by atoms with E-state index in [1.807, 2.05) is 0 Å². The van der Waals surface area contributed by atoms with Crippen LogP contribution in [0.25, 0.3) is 0 Å². The molecule has 0 saturated heterocycles. The van der Waals surface area contributed by atoms with Gasteiger partial charge in [-0.05, 0) is 37.1 Å². The molecule has 7 nitrogen and oxygen atoms in total. The smallest absolute Gasteiger partial charge is 0.241 e. The van der Waals surface area contributed by atoms with Gasteiger partial charge in [0, 0.05) is 19.4 Å². The molecule has 0 bridgehead atoms. The van der Waals surface area contributed by atoms with Crippen molar-refractivity contribution in [3.8, 4) is 0 Å². The number of benzene rings is 1. The summed E-state index contributed by atoms with van der Waals surface area (Å²) in [5.41, 5.74) is 7.45. The fourth-order valence-corrected chi connectivity index (χ4v) is 2.30. The molecule has 0 aliphatic rings. The van der Waals surface area contributed by atoms with Gasteiger partial charge in [0.25, 0.3) is 0 Å². The molecule has 0 saturated carbocycles. The molecule has 0 aliphatic heterocycles. The second kappa shape index (κ2) is 7.39. The number of nitrogens with two attached hydrogens (primary N) is 1. The van der Waals surface area contributed by atoms with Crippen molar-refractivity contribution in [2.45, 2.75) is 19.4 Å². The third-order valence-electron chi connectivity index (χ3n) is 2.76. The van der Waals surface area contributed by atoms with Crippen molar-refractivity contribution in [3.05, 3.63) is 23.8 Å². The Hall–Kier alpha value is -1.64. The number of hydrogen-bond donors (Lipinski definition) is 3. The highest BCUT2D eigenvalue weighted by atomic mass is 32.2. The first-order valence-corrected chi connectivity index (χ1v) is 8.26. The van der Waals surface area contributed by atoms with Gasteiger partial charge in [0.15, 0.2) is 0 Å². The van der Waals surface area contributed by atoms with E-state index < -0.39 is 16.1 Å². The lowest BCUT2D eigenvalue weighted by Crippen LogP contribution is -2.36. The molecule has 1 rings (SSSR count). The highest BCUT2D eigenvalue weighted by Crippen LogP contribution is 2.20. The second-order valence-electron chi connectivity index (χ2n) is 4.78. The predicted octanol–water partition coefficient (Wildman–Crippen LogP) is 0.669. The van der Waals surface area contributed by atoms with Crippen LogP contribution in [0, 0.1) is 6.92 Å². The third kappa shape index (κ3) is 6.11. The summed E-state index contributed by atoms with van der Waals surface area (Å²) in [6.45, 7) is 2.15. The molecule has 1 atom stereocenters. The van der Waals surface area contributed by atoms with Gasteiger partial charge in [0.2, 0.25) is 15.9 Å². The summed E-state index contributed by atoms with van der Waals surface area (Å²) in [4.78, 5) is 11.8. The molecule has 118 valence electrons. The molecule has 21 heavy (non-hydrogen) atoms. The van der Waals surface area contributed by atoms with E-state index in [1.54, 1.807) is 32.2 Å². The Balaban J connectivity index is 2.73. The number of carbonyl (C=O) groups is 1. The number of anilines is 2. The fourth-order valence-electron chi connectivity index (χ4n) is 1.67. The van der Waals surface area contributed by atoms with Gasteiger partial charge in [-0.25, -0.2) is 8.42 Å². The maximum atomic E-state index is 11.8. The Labute approximate surface area is 124 Å². The minimum absolute atomic E-state index is 0.310. The molecule has 1 amide bonds. The minimum Gasteiger partial charge on any atom is -0.385 e. The van der Waals surface area contributed by atoms with E-state index in [1.165, 1.54) is 0 Å². The average molecular weight is 315 g/mol. The van der Waals surface area contributed by atoms with E-state index in [0.717, 1.165) is 6.26 Å². The number of carbonyl (C=O) groups excluding carboxylic acids is 1. The zero-order chi connectivity index (χ0) is 16.0. The van der Waals surface area contributed by atoms with Crippen molar-refractivity contribution >= 4 is 27.3 Å². The molecule has 1 aromatic carbocycles. The zero-order valence-corrected chi connectivity index (χ0v) is 13.2. The number of rotatable bonds is 7. The lowest BCUT2D eigenvalue weighted by Gasteiger charge is -2.13. The number of hydrogen-bond acceptors (Lipinski definition) is 5. The quantitative estimate of drug-likeness (QED) is 0.685. The van der Waals surface area contributed by atoms with Crippen LogP contribution in [0.5, 0.6) is 0 Å². The van der Waals surface area contributed by atoms with Gasteiger partial charge in [0.05, 0.1) is 18.0 Å². The van der Waals surface area contributed by atoms with Crippen LogP contribution >= 0.6 is 0 Å². The van der Waals surface area contributed by atoms with Gasteiger partial charge in [0.1, 0.15) is 0 Å². The van der Waals surface area contributed by atoms with Crippen LogP contribution in [0.1, 0.15) is 12.0 Å². The van der Waals surface area contributed by atoms with E-state index >= 15 is 0 Å². The summed E-state index contributed by atoms with van der Waals surface area (Å²) in [6, 6.07) is 4.22. The van der Waals surface area contributed by atoms with Crippen molar-refractivity contribution in [2.75, 3.05) is 30.0 Å². The summed E-state index contributed by atoms with van der Waals surface area (Å²) in [6.07, 6.45) is 1.51. The van der Waals surface area contributed by atoms with Crippen LogP contribution < -0.4 is 15.8 Å². The first-order chi connectivity index (χ1) is 9.73. The van der Waals surface area contributed by atoms with Crippen molar-refractivity contribution in [3.63, 3.8) is 0 Å². The van der Waals surface area contributed by atoms with Crippen LogP contribution in [0.4, 0.5) is 11.4 Å². The van der Waals surface area contributed by atoms with E-state index in [4.69, 9.17) is 10.5 Å². The van der Waals surface area contributed by atoms with Crippen LogP contribution in [0.15, 0.2) is 18.2 Å². The zero-order valence-electron chi connectivity index (χ0n) is 12.3. The molecule has 4 N–H and O–H groups in total. The van der Waals surface area contributed by atoms with Crippen molar-refractivity contribution < 1.29 is 17.9 Å². The Morgan fingerprint density at radius 1 is 1.43 bits per heavy atom. The highest BCUT2D eigenvalue weighted by Gasteiger charge is 2.14. The first-order valence-electron chi connectivity index (χ1n) is 6.37. The van der Waals surface area contributed by atoms with Crippen molar-refractivity contribution in [1.82, 2.24) is 0 Å². The van der Waals surface area contributed by atoms with Gasteiger partial charge in [-0.3, -0.25) is 9.52 Å². The number of methoxy groups -OCH3 is 1. The van der Waals surface area contributed by atoms with Crippen LogP contribution in [0.3, 0.4) is 0 Å². The minimum atomic E-state index is -3.33. The highest BCUT2D eigenvalue weighted by molar-refractivity contribution is 7.92. The largest absolute Gasteiger partial charge is 0.385 e. The molecule has 0 heterocycles. The van der Waals surface area contributed by atoms with Gasteiger partial charge < -0.3 is 15.8 Å². The van der Waals surface area contributed by atoms with E-state index in [0.29, 0.717) is 30.0 Å². The topological polar surface area (TPSA) is 111 Å². The van der Waals surface area contributed by atoms with Gasteiger partial charge >= 0.3 is 0 Å². The standard InChI is InChI=1S/C13H21N3O4S/c1-9-8-10(4-5-12(9)16-21(3,18)19)15-13(17)11(14)6-7-20-2/h4-5,8,11,16H,6-7,14H2,1-3H3,(H,15,17). The molecule has 0 fully saturated rings.